The van der Waals surface area contributed by atoms with Crippen LogP contribution in [0.3, 0.4) is 0 Å². The number of unbranched alkanes of at least 4 members (excludes halogenated alkanes) is 1. The predicted molar refractivity (Wildman–Crippen MR) is 154 cm³/mol. The largest absolute Gasteiger partial charge is 0.354 e. The van der Waals surface area contributed by atoms with Crippen molar-refractivity contribution in [3.8, 4) is 0 Å². The Bertz CT molecular complexity index is 1330. The van der Waals surface area contributed by atoms with Crippen LogP contribution in [-0.2, 0) is 26.2 Å². The molecule has 0 saturated carbocycles. The van der Waals surface area contributed by atoms with E-state index < -0.39 is 28.5 Å². The third-order valence-electron chi connectivity index (χ3n) is 6.17. The maximum absolute atomic E-state index is 13.9. The number of nitrogens with one attached hydrogen (secondary N) is 1. The molecule has 38 heavy (non-hydrogen) atoms. The van der Waals surface area contributed by atoms with Gasteiger partial charge in [0.2, 0.25) is 11.8 Å². The fraction of sp³-hybridized carbons (Fsp3) is 0.310. The lowest BCUT2D eigenvalue weighted by atomic mass is 10.1. The summed E-state index contributed by atoms with van der Waals surface area (Å²) in [5.74, 6) is -0.767. The van der Waals surface area contributed by atoms with Gasteiger partial charge >= 0.3 is 0 Å². The van der Waals surface area contributed by atoms with E-state index in [1.54, 1.807) is 49.4 Å². The number of sulfonamides is 1. The van der Waals surface area contributed by atoms with Crippen LogP contribution < -0.4 is 9.62 Å². The zero-order valence-corrected chi connectivity index (χ0v) is 24.3. The van der Waals surface area contributed by atoms with E-state index >= 15 is 0 Å². The minimum atomic E-state index is -4.06. The molecule has 3 aromatic carbocycles. The molecule has 0 saturated heterocycles. The Morgan fingerprint density at radius 3 is 2.29 bits per heavy atom. The van der Waals surface area contributed by atoms with Crippen LogP contribution in [-0.4, -0.2) is 44.3 Å². The Morgan fingerprint density at radius 1 is 0.974 bits per heavy atom. The lowest BCUT2D eigenvalue weighted by molar-refractivity contribution is -0.139. The Hall–Kier alpha value is -3.17. The monoisotopic (exact) mass is 599 g/mol. The second-order valence-corrected chi connectivity index (χ2v) is 11.9. The molecule has 0 heterocycles. The van der Waals surface area contributed by atoms with Crippen molar-refractivity contribution in [3.63, 3.8) is 0 Å². The van der Waals surface area contributed by atoms with Crippen LogP contribution in [0.2, 0.25) is 0 Å². The first kappa shape index (κ1) is 29.4. The molecule has 1 N–H and O–H groups in total. The molecule has 0 bridgehead atoms. The second kappa shape index (κ2) is 13.6. The SMILES string of the molecule is CCCCNC(=O)[C@H](C)N(Cc1cccc(Br)c1)C(=O)CN(c1ccccc1)S(=O)(=O)c1ccc(C)cc1. The van der Waals surface area contributed by atoms with Crippen LogP contribution in [0.5, 0.6) is 0 Å². The van der Waals surface area contributed by atoms with E-state index in [-0.39, 0.29) is 17.3 Å². The number of para-hydroxylation sites is 1. The van der Waals surface area contributed by atoms with Crippen molar-refractivity contribution in [1.82, 2.24) is 10.2 Å². The molecule has 0 aromatic heterocycles. The maximum atomic E-state index is 13.9. The molecule has 0 radical (unpaired) electrons. The van der Waals surface area contributed by atoms with Crippen molar-refractivity contribution in [2.45, 2.75) is 51.1 Å². The molecule has 9 heteroatoms. The molecule has 2 amide bonds. The second-order valence-electron chi connectivity index (χ2n) is 9.13. The number of aryl methyl sites for hydroxylation is 1. The number of amides is 2. The van der Waals surface area contributed by atoms with Crippen molar-refractivity contribution < 1.29 is 18.0 Å². The summed E-state index contributed by atoms with van der Waals surface area (Å²) in [6.45, 7) is 5.77. The summed E-state index contributed by atoms with van der Waals surface area (Å²) in [7, 11) is -4.06. The van der Waals surface area contributed by atoms with Crippen molar-refractivity contribution >= 4 is 43.5 Å². The molecule has 0 fully saturated rings. The Balaban J connectivity index is 1.97. The molecule has 3 rings (SSSR count). The minimum absolute atomic E-state index is 0.0867. The summed E-state index contributed by atoms with van der Waals surface area (Å²) in [4.78, 5) is 28.4. The molecular weight excluding hydrogens is 566 g/mol. The number of carbonyl (C=O) groups excluding carboxylic acids is 2. The number of nitrogens with zero attached hydrogens (tertiary/aromatic N) is 2. The first-order valence-electron chi connectivity index (χ1n) is 12.6. The Morgan fingerprint density at radius 2 is 1.66 bits per heavy atom. The van der Waals surface area contributed by atoms with E-state index in [0.717, 1.165) is 32.7 Å². The summed E-state index contributed by atoms with van der Waals surface area (Å²) < 4.78 is 29.5. The van der Waals surface area contributed by atoms with Gasteiger partial charge < -0.3 is 10.2 Å². The number of carbonyl (C=O) groups is 2. The van der Waals surface area contributed by atoms with Crippen molar-refractivity contribution in [3.05, 3.63) is 94.5 Å². The molecule has 0 unspecified atom stereocenters. The van der Waals surface area contributed by atoms with Crippen LogP contribution in [0.4, 0.5) is 5.69 Å². The average Bonchev–Trinajstić information content (AvgIpc) is 2.90. The Kier molecular flexibility index (Phi) is 10.5. The first-order chi connectivity index (χ1) is 18.1. The standard InChI is InChI=1S/C29H34BrN3O4S/c1-4-5-18-31-29(35)23(3)32(20-24-10-9-11-25(30)19-24)28(34)21-33(26-12-7-6-8-13-26)38(36,37)27-16-14-22(2)15-17-27/h6-17,19,23H,4-5,18,20-21H2,1-3H3,(H,31,35)/t23-/m0/s1. The third kappa shape index (κ3) is 7.68. The molecule has 0 aliphatic carbocycles. The summed E-state index contributed by atoms with van der Waals surface area (Å²) in [6.07, 6.45) is 1.76. The van der Waals surface area contributed by atoms with E-state index in [4.69, 9.17) is 0 Å². The quantitative estimate of drug-likeness (QED) is 0.287. The van der Waals surface area contributed by atoms with Gasteiger partial charge in [0.05, 0.1) is 10.6 Å². The number of halogens is 1. The van der Waals surface area contributed by atoms with Gasteiger partial charge in [0.25, 0.3) is 10.0 Å². The smallest absolute Gasteiger partial charge is 0.264 e. The lowest BCUT2D eigenvalue weighted by Crippen LogP contribution is -2.51. The summed E-state index contributed by atoms with van der Waals surface area (Å²) in [5, 5.41) is 2.89. The summed E-state index contributed by atoms with van der Waals surface area (Å²) >= 11 is 3.45. The van der Waals surface area contributed by atoms with Crippen LogP contribution in [0, 0.1) is 6.92 Å². The van der Waals surface area contributed by atoms with Crippen molar-refractivity contribution in [2.75, 3.05) is 17.4 Å². The van der Waals surface area contributed by atoms with E-state index in [1.807, 2.05) is 38.1 Å². The number of hydrogen-bond donors (Lipinski definition) is 1. The molecule has 202 valence electrons. The van der Waals surface area contributed by atoms with Crippen LogP contribution in [0.25, 0.3) is 0 Å². The molecule has 7 nitrogen and oxygen atoms in total. The first-order valence-corrected chi connectivity index (χ1v) is 14.8. The molecule has 0 spiro atoms. The van der Waals surface area contributed by atoms with Gasteiger partial charge in [0, 0.05) is 17.6 Å². The number of anilines is 1. The van der Waals surface area contributed by atoms with E-state index in [0.29, 0.717) is 12.2 Å². The molecule has 0 aliphatic heterocycles. The van der Waals surface area contributed by atoms with E-state index in [2.05, 4.69) is 21.2 Å². The van der Waals surface area contributed by atoms with Crippen LogP contribution in [0.15, 0.2) is 88.2 Å². The van der Waals surface area contributed by atoms with Gasteiger partial charge in [-0.3, -0.25) is 13.9 Å². The van der Waals surface area contributed by atoms with Gasteiger partial charge in [-0.15, -0.1) is 0 Å². The van der Waals surface area contributed by atoms with Gasteiger partial charge in [0.1, 0.15) is 12.6 Å². The normalized spacial score (nSPS) is 12.0. The number of hydrogen-bond acceptors (Lipinski definition) is 4. The zero-order valence-electron chi connectivity index (χ0n) is 21.9. The van der Waals surface area contributed by atoms with Gasteiger partial charge in [-0.25, -0.2) is 8.42 Å². The van der Waals surface area contributed by atoms with Gasteiger partial charge in [-0.2, -0.15) is 0 Å². The molecule has 1 atom stereocenters. The highest BCUT2D eigenvalue weighted by Gasteiger charge is 2.32. The predicted octanol–water partition coefficient (Wildman–Crippen LogP) is 5.29. The van der Waals surface area contributed by atoms with Gasteiger partial charge in [-0.1, -0.05) is 77.3 Å². The molecule has 0 aliphatic rings. The van der Waals surface area contributed by atoms with E-state index in [9.17, 15) is 18.0 Å². The van der Waals surface area contributed by atoms with Crippen molar-refractivity contribution in [2.24, 2.45) is 0 Å². The summed E-state index contributed by atoms with van der Waals surface area (Å²) in [5.41, 5.74) is 2.10. The molecule has 3 aromatic rings. The maximum Gasteiger partial charge on any atom is 0.264 e. The van der Waals surface area contributed by atoms with Gasteiger partial charge in [0.15, 0.2) is 0 Å². The third-order valence-corrected chi connectivity index (χ3v) is 8.45. The van der Waals surface area contributed by atoms with Crippen LogP contribution in [0.1, 0.15) is 37.8 Å². The van der Waals surface area contributed by atoms with E-state index in [1.165, 1.54) is 17.0 Å². The highest BCUT2D eigenvalue weighted by Crippen LogP contribution is 2.25. The fourth-order valence-corrected chi connectivity index (χ4v) is 5.77. The fourth-order valence-electron chi connectivity index (χ4n) is 3.91. The zero-order chi connectivity index (χ0) is 27.7. The summed E-state index contributed by atoms with van der Waals surface area (Å²) in [6, 6.07) is 21.7. The number of benzene rings is 3. The molecular formula is C29H34BrN3O4S. The minimum Gasteiger partial charge on any atom is -0.354 e. The average molecular weight is 601 g/mol. The highest BCUT2D eigenvalue weighted by atomic mass is 79.9. The highest BCUT2D eigenvalue weighted by molar-refractivity contribution is 9.10. The topological polar surface area (TPSA) is 86.8 Å². The Labute approximate surface area is 234 Å². The van der Waals surface area contributed by atoms with Gasteiger partial charge in [-0.05, 0) is 62.2 Å². The number of rotatable bonds is 12. The van der Waals surface area contributed by atoms with Crippen molar-refractivity contribution in [1.29, 1.82) is 0 Å². The van der Waals surface area contributed by atoms with Crippen LogP contribution >= 0.6 is 15.9 Å². The lowest BCUT2D eigenvalue weighted by Gasteiger charge is -2.32.